The number of nitriles is 1. The maximum atomic E-state index is 12.3. The number of carbonyl (C=O) groups excluding carboxylic acids is 1. The van der Waals surface area contributed by atoms with Crippen LogP contribution in [0.5, 0.6) is 0 Å². The van der Waals surface area contributed by atoms with Gasteiger partial charge in [0.2, 0.25) is 5.91 Å². The van der Waals surface area contributed by atoms with E-state index in [1.807, 2.05) is 31.2 Å². The van der Waals surface area contributed by atoms with Crippen LogP contribution in [0.1, 0.15) is 25.3 Å². The molecular weight excluding hydrogens is 238 g/mol. The number of amides is 1. The molecule has 2 N–H and O–H groups in total. The Morgan fingerprint density at radius 3 is 2.79 bits per heavy atom. The first kappa shape index (κ1) is 13.6. The van der Waals surface area contributed by atoms with Gasteiger partial charge in [-0.05, 0) is 44.0 Å². The minimum absolute atomic E-state index is 0.0627. The van der Waals surface area contributed by atoms with Crippen molar-refractivity contribution in [3.63, 3.8) is 0 Å². The van der Waals surface area contributed by atoms with Gasteiger partial charge in [-0.25, -0.2) is 0 Å². The fourth-order valence-corrected chi connectivity index (χ4v) is 2.33. The Kier molecular flexibility index (Phi) is 4.18. The van der Waals surface area contributed by atoms with Gasteiger partial charge in [0.1, 0.15) is 0 Å². The van der Waals surface area contributed by atoms with E-state index in [4.69, 9.17) is 5.26 Å². The number of nitrogens with zero attached hydrogens (tertiary/aromatic N) is 1. The highest BCUT2D eigenvalue weighted by molar-refractivity contribution is 5.95. The molecule has 4 heteroatoms. The third-order valence-corrected chi connectivity index (χ3v) is 3.64. The molecule has 1 aromatic rings. The Balaban J connectivity index is 2.00. The van der Waals surface area contributed by atoms with E-state index in [1.54, 1.807) is 0 Å². The molecule has 1 amide bonds. The van der Waals surface area contributed by atoms with Crippen LogP contribution < -0.4 is 10.6 Å². The number of hydrogen-bond donors (Lipinski definition) is 2. The maximum absolute atomic E-state index is 12.3. The highest BCUT2D eigenvalue weighted by atomic mass is 16.2. The molecule has 0 saturated carbocycles. The second-order valence-corrected chi connectivity index (χ2v) is 5.33. The molecule has 2 rings (SSSR count). The van der Waals surface area contributed by atoms with Crippen molar-refractivity contribution in [3.8, 4) is 6.07 Å². The topological polar surface area (TPSA) is 64.9 Å². The van der Waals surface area contributed by atoms with E-state index in [0.29, 0.717) is 6.42 Å². The molecule has 100 valence electrons. The van der Waals surface area contributed by atoms with E-state index in [0.717, 1.165) is 37.2 Å². The van der Waals surface area contributed by atoms with Gasteiger partial charge in [0, 0.05) is 12.2 Å². The van der Waals surface area contributed by atoms with Crippen molar-refractivity contribution in [2.24, 2.45) is 5.41 Å². The highest BCUT2D eigenvalue weighted by Crippen LogP contribution is 2.27. The predicted octanol–water partition coefficient (Wildman–Crippen LogP) is 2.08. The Morgan fingerprint density at radius 2 is 2.21 bits per heavy atom. The predicted molar refractivity (Wildman–Crippen MR) is 74.6 cm³/mol. The first-order chi connectivity index (χ1) is 9.14. The van der Waals surface area contributed by atoms with Crippen LogP contribution in [0, 0.1) is 16.7 Å². The quantitative estimate of drug-likeness (QED) is 0.871. The fraction of sp³-hybridized carbons (Fsp3) is 0.467. The summed E-state index contributed by atoms with van der Waals surface area (Å²) < 4.78 is 0. The van der Waals surface area contributed by atoms with Gasteiger partial charge < -0.3 is 10.6 Å². The van der Waals surface area contributed by atoms with Gasteiger partial charge in [0.25, 0.3) is 0 Å². The lowest BCUT2D eigenvalue weighted by Gasteiger charge is -2.32. The van der Waals surface area contributed by atoms with Crippen molar-refractivity contribution in [2.75, 3.05) is 18.4 Å². The number of anilines is 1. The average molecular weight is 257 g/mol. The summed E-state index contributed by atoms with van der Waals surface area (Å²) in [5.41, 5.74) is 1.42. The van der Waals surface area contributed by atoms with Crippen LogP contribution in [0.4, 0.5) is 5.69 Å². The van der Waals surface area contributed by atoms with E-state index in [9.17, 15) is 4.79 Å². The summed E-state index contributed by atoms with van der Waals surface area (Å²) in [5, 5.41) is 14.8. The lowest BCUT2D eigenvalue weighted by Crippen LogP contribution is -2.46. The van der Waals surface area contributed by atoms with Crippen molar-refractivity contribution >= 4 is 11.6 Å². The SMILES string of the molecule is CC1(C(=O)Nc2ccc(CC#N)cc2)CCCNC1. The van der Waals surface area contributed by atoms with Gasteiger partial charge in [0.05, 0.1) is 17.9 Å². The van der Waals surface area contributed by atoms with Crippen LogP contribution in [0.25, 0.3) is 0 Å². The van der Waals surface area contributed by atoms with Gasteiger partial charge in [-0.1, -0.05) is 12.1 Å². The Morgan fingerprint density at radius 1 is 1.47 bits per heavy atom. The van der Waals surface area contributed by atoms with Gasteiger partial charge >= 0.3 is 0 Å². The molecule has 0 radical (unpaired) electrons. The van der Waals surface area contributed by atoms with Crippen LogP contribution in [-0.2, 0) is 11.2 Å². The molecule has 19 heavy (non-hydrogen) atoms. The molecule has 1 fully saturated rings. The molecule has 0 aromatic heterocycles. The van der Waals surface area contributed by atoms with Crippen molar-refractivity contribution in [2.45, 2.75) is 26.2 Å². The molecule has 1 aromatic carbocycles. The summed E-state index contributed by atoms with van der Waals surface area (Å²) in [6.07, 6.45) is 2.35. The van der Waals surface area contributed by atoms with Crippen LogP contribution in [0.15, 0.2) is 24.3 Å². The van der Waals surface area contributed by atoms with Crippen molar-refractivity contribution in [3.05, 3.63) is 29.8 Å². The van der Waals surface area contributed by atoms with Gasteiger partial charge in [-0.3, -0.25) is 4.79 Å². The van der Waals surface area contributed by atoms with E-state index in [-0.39, 0.29) is 11.3 Å². The number of carbonyl (C=O) groups is 1. The number of nitrogens with one attached hydrogen (secondary N) is 2. The number of rotatable bonds is 3. The molecule has 1 heterocycles. The highest BCUT2D eigenvalue weighted by Gasteiger charge is 2.34. The first-order valence-corrected chi connectivity index (χ1v) is 6.62. The van der Waals surface area contributed by atoms with Crippen LogP contribution >= 0.6 is 0 Å². The summed E-state index contributed by atoms with van der Waals surface area (Å²) in [4.78, 5) is 12.3. The maximum Gasteiger partial charge on any atom is 0.231 e. The molecule has 4 nitrogen and oxygen atoms in total. The summed E-state index contributed by atoms with van der Waals surface area (Å²) >= 11 is 0. The monoisotopic (exact) mass is 257 g/mol. The van der Waals surface area contributed by atoms with E-state index in [2.05, 4.69) is 16.7 Å². The van der Waals surface area contributed by atoms with E-state index in [1.165, 1.54) is 0 Å². The summed E-state index contributed by atoms with van der Waals surface area (Å²) in [5.74, 6) is 0.0627. The second-order valence-electron chi connectivity index (χ2n) is 5.33. The zero-order valence-corrected chi connectivity index (χ0v) is 11.2. The molecule has 1 aliphatic heterocycles. The zero-order chi connectivity index (χ0) is 13.7. The molecule has 0 aliphatic carbocycles. The molecule has 1 saturated heterocycles. The molecular formula is C15H19N3O. The standard InChI is InChI=1S/C15H19N3O/c1-15(8-2-10-17-11-15)14(19)18-13-5-3-12(4-6-13)7-9-16/h3-6,17H,2,7-8,10-11H2,1H3,(H,18,19). The molecule has 1 unspecified atom stereocenters. The Bertz CT molecular complexity index is 481. The van der Waals surface area contributed by atoms with Crippen LogP contribution in [0.3, 0.4) is 0 Å². The molecule has 1 atom stereocenters. The molecule has 0 spiro atoms. The molecule has 1 aliphatic rings. The number of hydrogen-bond acceptors (Lipinski definition) is 3. The third-order valence-electron chi connectivity index (χ3n) is 3.64. The first-order valence-electron chi connectivity index (χ1n) is 6.62. The Labute approximate surface area is 113 Å². The lowest BCUT2D eigenvalue weighted by atomic mass is 9.82. The van der Waals surface area contributed by atoms with Gasteiger partial charge in [-0.15, -0.1) is 0 Å². The van der Waals surface area contributed by atoms with Crippen molar-refractivity contribution in [1.82, 2.24) is 5.32 Å². The average Bonchev–Trinajstić information content (AvgIpc) is 2.42. The number of benzene rings is 1. The van der Waals surface area contributed by atoms with Crippen molar-refractivity contribution in [1.29, 1.82) is 5.26 Å². The second kappa shape index (κ2) is 5.85. The Hall–Kier alpha value is -1.86. The largest absolute Gasteiger partial charge is 0.326 e. The normalized spacial score (nSPS) is 22.5. The van der Waals surface area contributed by atoms with E-state index >= 15 is 0 Å². The summed E-state index contributed by atoms with van der Waals surface area (Å²) in [6, 6.07) is 9.56. The fourth-order valence-electron chi connectivity index (χ4n) is 2.33. The summed E-state index contributed by atoms with van der Waals surface area (Å²) in [7, 11) is 0. The van der Waals surface area contributed by atoms with Gasteiger partial charge in [0.15, 0.2) is 0 Å². The van der Waals surface area contributed by atoms with Crippen LogP contribution in [-0.4, -0.2) is 19.0 Å². The van der Waals surface area contributed by atoms with E-state index < -0.39 is 0 Å². The lowest BCUT2D eigenvalue weighted by molar-refractivity contribution is -0.125. The van der Waals surface area contributed by atoms with Crippen LogP contribution in [0.2, 0.25) is 0 Å². The van der Waals surface area contributed by atoms with Gasteiger partial charge in [-0.2, -0.15) is 5.26 Å². The summed E-state index contributed by atoms with van der Waals surface area (Å²) in [6.45, 7) is 3.72. The zero-order valence-electron chi connectivity index (χ0n) is 11.2. The van der Waals surface area contributed by atoms with Crippen molar-refractivity contribution < 1.29 is 4.79 Å². The minimum Gasteiger partial charge on any atom is -0.326 e. The smallest absolute Gasteiger partial charge is 0.231 e. The number of piperidine rings is 1. The minimum atomic E-state index is -0.330. The molecule has 0 bridgehead atoms. The third kappa shape index (κ3) is 3.33.